The van der Waals surface area contributed by atoms with E-state index in [1.807, 2.05) is 0 Å². The van der Waals surface area contributed by atoms with Crippen molar-refractivity contribution in [1.29, 1.82) is 0 Å². The average molecular weight is 686 g/mol. The van der Waals surface area contributed by atoms with Crippen molar-refractivity contribution in [1.82, 2.24) is 0 Å². The molecule has 0 rings (SSSR count). The molecule has 0 fully saturated rings. The molecule has 0 aromatic rings. The molecule has 0 heterocycles. The monoisotopic (exact) mass is 685 g/mol. The zero-order chi connectivity index (χ0) is 0. The molecule has 0 nitrogen and oxygen atoms in total. The molecule has 0 bridgehead atoms. The minimum absolute atomic E-state index is 0. The summed E-state index contributed by atoms with van der Waals surface area (Å²) in [6.07, 6.45) is 0. The topological polar surface area (TPSA) is 0 Å². The fraction of sp³-hybridized carbons (Fsp3) is 0. The minimum atomic E-state index is 0. The summed E-state index contributed by atoms with van der Waals surface area (Å²) in [5, 5.41) is 0. The Balaban J connectivity index is 0. The molecule has 0 atom stereocenters. The van der Waals surface area contributed by atoms with Gasteiger partial charge in [-0.15, -0.1) is 0 Å². The Morgan fingerprint density at radius 2 is 0.500 bits per heavy atom. The van der Waals surface area contributed by atoms with Crippen molar-refractivity contribution in [3.8, 4) is 0 Å². The van der Waals surface area contributed by atoms with E-state index >= 15 is 0 Å². The summed E-state index contributed by atoms with van der Waals surface area (Å²) in [5.74, 6) is 0. The van der Waals surface area contributed by atoms with Gasteiger partial charge in [0, 0.05) is 0 Å². The van der Waals surface area contributed by atoms with Gasteiger partial charge in [-0.05, 0) is 0 Å². The second kappa shape index (κ2) is 30.9. The molecule has 0 amide bonds. The van der Waals surface area contributed by atoms with Crippen molar-refractivity contribution in [3.05, 3.63) is 0 Å². The summed E-state index contributed by atoms with van der Waals surface area (Å²) < 4.78 is 0. The first kappa shape index (κ1) is 41.1. The van der Waals surface area contributed by atoms with Crippen LogP contribution in [0.5, 0.6) is 0 Å². The van der Waals surface area contributed by atoms with Crippen LogP contribution in [0.25, 0.3) is 0 Å². The fourth-order valence-corrected chi connectivity index (χ4v) is 0. The Morgan fingerprint density at radius 3 is 0.500 bits per heavy atom. The zero-order valence-corrected chi connectivity index (χ0v) is 18.5. The molecule has 0 aromatic heterocycles. The summed E-state index contributed by atoms with van der Waals surface area (Å²) in [5.41, 5.74) is 0. The molecule has 6 heavy (non-hydrogen) atoms. The van der Waals surface area contributed by atoms with Gasteiger partial charge in [0.25, 0.3) is 0 Å². The maximum Gasteiger partial charge on any atom is 3.00 e. The van der Waals surface area contributed by atoms with Crippen molar-refractivity contribution in [2.45, 2.75) is 0 Å². The van der Waals surface area contributed by atoms with Crippen LogP contribution < -0.4 is 147 Å². The molecule has 6 heteroatoms. The van der Waals surface area contributed by atoms with Crippen LogP contribution >= 0.6 is 0 Å². The van der Waals surface area contributed by atoms with E-state index in [-0.39, 0.29) is 183 Å². The first-order chi connectivity index (χ1) is 0. The van der Waals surface area contributed by atoms with Crippen molar-refractivity contribution >= 4 is 0 Å². The number of hydrogen-bond donors (Lipinski definition) is 0. The summed E-state index contributed by atoms with van der Waals surface area (Å²) in [6, 6.07) is 0. The third kappa shape index (κ3) is 22.6. The Kier molecular flexibility index (Phi) is 212. The predicted octanol–water partition coefficient (Wildman–Crippen LogP) is -15.0. The summed E-state index contributed by atoms with van der Waals surface area (Å²) in [6.45, 7) is 0. The van der Waals surface area contributed by atoms with Gasteiger partial charge in [-0.2, -0.15) is 0 Å². The normalized spacial score (nSPS) is 0. The molecule has 0 aliphatic heterocycles. The van der Waals surface area contributed by atoms with Gasteiger partial charge in [-0.1, -0.05) is 0 Å². The molecule has 0 radical (unpaired) electrons. The third-order valence-electron chi connectivity index (χ3n) is 0. The van der Waals surface area contributed by atoms with Gasteiger partial charge in [-0.25, -0.2) is 0 Å². The van der Waals surface area contributed by atoms with Crippen molar-refractivity contribution < 1.29 is 183 Å². The second-order valence-electron chi connectivity index (χ2n) is 0. The van der Waals surface area contributed by atoms with Gasteiger partial charge < -0.3 is 95.9 Å². The molecule has 0 aliphatic carbocycles. The standard InChI is InChI=1S/4HI.K.La/h4*1H;;/q;;;;+1;+3/p-4. The quantitative estimate of drug-likeness (QED) is 0.176. The average Bonchev–Trinajstić information content (AvgIpc) is 0. The maximum atomic E-state index is 0. The van der Waals surface area contributed by atoms with E-state index in [0.29, 0.717) is 0 Å². The van der Waals surface area contributed by atoms with Crippen LogP contribution in [0.3, 0.4) is 0 Å². The van der Waals surface area contributed by atoms with E-state index in [0.717, 1.165) is 0 Å². The minimum Gasteiger partial charge on any atom is -1.00 e. The first-order valence-electron chi connectivity index (χ1n) is 0. The van der Waals surface area contributed by atoms with Gasteiger partial charge >= 0.3 is 87.0 Å². The van der Waals surface area contributed by atoms with Crippen molar-refractivity contribution in [3.63, 3.8) is 0 Å². The zero-order valence-electron chi connectivity index (χ0n) is 3.09. The van der Waals surface area contributed by atoms with Crippen LogP contribution in [0, 0.1) is 35.6 Å². The van der Waals surface area contributed by atoms with Crippen LogP contribution in [-0.2, 0) is 0 Å². The van der Waals surface area contributed by atoms with Crippen LogP contribution in [0.1, 0.15) is 0 Å². The maximum absolute atomic E-state index is 0. The Morgan fingerprint density at radius 1 is 0.500 bits per heavy atom. The van der Waals surface area contributed by atoms with Crippen molar-refractivity contribution in [2.75, 3.05) is 0 Å². The van der Waals surface area contributed by atoms with Gasteiger partial charge in [0.15, 0.2) is 0 Å². The molecule has 0 aliphatic rings. The molecular weight excluding hydrogens is 686 g/mol. The van der Waals surface area contributed by atoms with Crippen LogP contribution in [0.4, 0.5) is 0 Å². The van der Waals surface area contributed by atoms with E-state index in [9.17, 15) is 0 Å². The van der Waals surface area contributed by atoms with E-state index < -0.39 is 0 Å². The third-order valence-corrected chi connectivity index (χ3v) is 0. The SMILES string of the molecule is [I-].[I-].[I-].[I-].[K+].[La+3]. The number of hydrogen-bond acceptors (Lipinski definition) is 0. The van der Waals surface area contributed by atoms with Gasteiger partial charge in [0.05, 0.1) is 0 Å². The predicted molar refractivity (Wildman–Crippen MR) is 0 cm³/mol. The Labute approximate surface area is 177 Å². The number of rotatable bonds is 0. The molecule has 0 spiro atoms. The van der Waals surface area contributed by atoms with E-state index in [4.69, 9.17) is 0 Å². The van der Waals surface area contributed by atoms with Gasteiger partial charge in [-0.3, -0.25) is 0 Å². The second-order valence-corrected chi connectivity index (χ2v) is 0. The largest absolute Gasteiger partial charge is 3.00 e. The van der Waals surface area contributed by atoms with Gasteiger partial charge in [0.2, 0.25) is 0 Å². The van der Waals surface area contributed by atoms with Crippen LogP contribution in [0.15, 0.2) is 0 Å². The van der Waals surface area contributed by atoms with E-state index in [1.165, 1.54) is 0 Å². The summed E-state index contributed by atoms with van der Waals surface area (Å²) in [7, 11) is 0. The summed E-state index contributed by atoms with van der Waals surface area (Å²) >= 11 is 0. The molecule has 0 aromatic carbocycles. The van der Waals surface area contributed by atoms with E-state index in [2.05, 4.69) is 0 Å². The summed E-state index contributed by atoms with van der Waals surface area (Å²) in [4.78, 5) is 0. The van der Waals surface area contributed by atoms with Crippen molar-refractivity contribution in [2.24, 2.45) is 0 Å². The van der Waals surface area contributed by atoms with Crippen LogP contribution in [0.2, 0.25) is 0 Å². The molecule has 0 saturated carbocycles. The number of halogens is 4. The first-order valence-corrected chi connectivity index (χ1v) is 0. The molecule has 0 saturated heterocycles. The Bertz CT molecular complexity index is 7.51. The fourth-order valence-electron chi connectivity index (χ4n) is 0. The van der Waals surface area contributed by atoms with Gasteiger partial charge in [0.1, 0.15) is 0 Å². The van der Waals surface area contributed by atoms with E-state index in [1.54, 1.807) is 0 Å². The van der Waals surface area contributed by atoms with Crippen LogP contribution in [-0.4, -0.2) is 0 Å². The smallest absolute Gasteiger partial charge is 1.00 e. The Hall–Kier alpha value is 5.75. The molecular formula is I4KLa. The molecule has 0 N–H and O–H groups in total. The molecule has 32 valence electrons. The molecule has 0 unspecified atom stereocenters.